The van der Waals surface area contributed by atoms with Crippen molar-refractivity contribution in [1.82, 2.24) is 0 Å². The largest absolute Gasteiger partial charge is 0.384 e. The van der Waals surface area contributed by atoms with Crippen LogP contribution in [0, 0.1) is 17.5 Å². The van der Waals surface area contributed by atoms with Crippen LogP contribution in [-0.4, -0.2) is 19.5 Å². The molecule has 0 bridgehead atoms. The Morgan fingerprint density at radius 2 is 1.93 bits per heavy atom. The molecule has 0 amide bonds. The van der Waals surface area contributed by atoms with Gasteiger partial charge in [-0.2, -0.15) is 0 Å². The van der Waals surface area contributed by atoms with Crippen molar-refractivity contribution in [1.29, 1.82) is 0 Å². The standard InChI is InChI=1S/C10H9F3O2/c1-15-5-4-8(14)6-2-3-7(11)10(13)9(6)12/h2-3H,4-5H2,1H3. The zero-order valence-electron chi connectivity index (χ0n) is 8.02. The summed E-state index contributed by atoms with van der Waals surface area (Å²) in [4.78, 5) is 11.3. The van der Waals surface area contributed by atoms with E-state index < -0.39 is 28.8 Å². The van der Waals surface area contributed by atoms with Gasteiger partial charge in [0.1, 0.15) is 0 Å². The number of carbonyl (C=O) groups excluding carboxylic acids is 1. The maximum Gasteiger partial charge on any atom is 0.195 e. The van der Waals surface area contributed by atoms with E-state index >= 15 is 0 Å². The monoisotopic (exact) mass is 218 g/mol. The van der Waals surface area contributed by atoms with Crippen LogP contribution in [0.4, 0.5) is 13.2 Å². The minimum absolute atomic E-state index is 0.0709. The Labute approximate surface area is 84.7 Å². The molecule has 2 nitrogen and oxygen atoms in total. The van der Waals surface area contributed by atoms with Crippen molar-refractivity contribution in [2.45, 2.75) is 6.42 Å². The van der Waals surface area contributed by atoms with Gasteiger partial charge in [-0.05, 0) is 12.1 Å². The fraction of sp³-hybridized carbons (Fsp3) is 0.300. The van der Waals surface area contributed by atoms with Crippen molar-refractivity contribution in [3.8, 4) is 0 Å². The minimum atomic E-state index is -1.63. The highest BCUT2D eigenvalue weighted by Crippen LogP contribution is 2.16. The van der Waals surface area contributed by atoms with Gasteiger partial charge in [0.25, 0.3) is 0 Å². The van der Waals surface area contributed by atoms with E-state index in [0.717, 1.165) is 12.1 Å². The predicted octanol–water partition coefficient (Wildman–Crippen LogP) is 2.32. The average Bonchev–Trinajstić information content (AvgIpc) is 2.23. The van der Waals surface area contributed by atoms with Crippen LogP contribution in [0.3, 0.4) is 0 Å². The van der Waals surface area contributed by atoms with Crippen LogP contribution < -0.4 is 0 Å². The van der Waals surface area contributed by atoms with Crippen LogP contribution in [0.15, 0.2) is 12.1 Å². The van der Waals surface area contributed by atoms with Crippen molar-refractivity contribution in [3.63, 3.8) is 0 Å². The highest BCUT2D eigenvalue weighted by molar-refractivity contribution is 5.96. The zero-order chi connectivity index (χ0) is 11.4. The number of benzene rings is 1. The third-order valence-electron chi connectivity index (χ3n) is 1.87. The Bertz CT molecular complexity index is 377. The zero-order valence-corrected chi connectivity index (χ0v) is 8.02. The van der Waals surface area contributed by atoms with Crippen LogP contribution in [0.1, 0.15) is 16.8 Å². The number of Topliss-reactive ketones (excluding diaryl/α,β-unsaturated/α-hetero) is 1. The Morgan fingerprint density at radius 3 is 2.53 bits per heavy atom. The number of hydrogen-bond acceptors (Lipinski definition) is 2. The lowest BCUT2D eigenvalue weighted by molar-refractivity contribution is 0.0927. The Hall–Kier alpha value is -1.36. The van der Waals surface area contributed by atoms with Crippen molar-refractivity contribution >= 4 is 5.78 Å². The van der Waals surface area contributed by atoms with Crippen LogP contribution in [-0.2, 0) is 4.74 Å². The third kappa shape index (κ3) is 2.56. The summed E-state index contributed by atoms with van der Waals surface area (Å²) in [6.45, 7) is 0.108. The summed E-state index contributed by atoms with van der Waals surface area (Å²) in [6.07, 6.45) is -0.0709. The Balaban J connectivity index is 2.95. The van der Waals surface area contributed by atoms with Gasteiger partial charge in [-0.15, -0.1) is 0 Å². The first-order valence-electron chi connectivity index (χ1n) is 4.23. The fourth-order valence-corrected chi connectivity index (χ4v) is 1.07. The molecule has 0 radical (unpaired) electrons. The number of ketones is 1. The molecule has 15 heavy (non-hydrogen) atoms. The van der Waals surface area contributed by atoms with Crippen LogP contribution in [0.2, 0.25) is 0 Å². The van der Waals surface area contributed by atoms with Gasteiger partial charge in [-0.1, -0.05) is 0 Å². The Kier molecular flexibility index (Phi) is 3.85. The van der Waals surface area contributed by atoms with Gasteiger partial charge in [-0.25, -0.2) is 13.2 Å². The molecule has 1 aromatic rings. The molecule has 0 N–H and O–H groups in total. The molecule has 0 heterocycles. The van der Waals surface area contributed by atoms with Gasteiger partial charge in [0.05, 0.1) is 12.2 Å². The summed E-state index contributed by atoms with van der Waals surface area (Å²) < 4.78 is 42.9. The first-order valence-corrected chi connectivity index (χ1v) is 4.23. The molecule has 0 aliphatic rings. The van der Waals surface area contributed by atoms with Gasteiger partial charge in [0, 0.05) is 13.5 Å². The van der Waals surface area contributed by atoms with Gasteiger partial charge in [0.2, 0.25) is 0 Å². The van der Waals surface area contributed by atoms with Crippen molar-refractivity contribution < 1.29 is 22.7 Å². The van der Waals surface area contributed by atoms with E-state index in [1.807, 2.05) is 0 Å². The van der Waals surface area contributed by atoms with Crippen LogP contribution >= 0.6 is 0 Å². The van der Waals surface area contributed by atoms with E-state index in [1.165, 1.54) is 7.11 Å². The lowest BCUT2D eigenvalue weighted by Crippen LogP contribution is -2.08. The van der Waals surface area contributed by atoms with E-state index in [1.54, 1.807) is 0 Å². The van der Waals surface area contributed by atoms with E-state index in [0.29, 0.717) is 0 Å². The summed E-state index contributed by atoms with van der Waals surface area (Å²) in [5.74, 6) is -5.00. The molecule has 82 valence electrons. The number of ether oxygens (including phenoxy) is 1. The van der Waals surface area contributed by atoms with Gasteiger partial charge in [0.15, 0.2) is 23.2 Å². The fourth-order valence-electron chi connectivity index (χ4n) is 1.07. The number of carbonyl (C=O) groups is 1. The van der Waals surface area contributed by atoms with Gasteiger partial charge < -0.3 is 4.74 Å². The van der Waals surface area contributed by atoms with Crippen molar-refractivity contribution in [2.75, 3.05) is 13.7 Å². The van der Waals surface area contributed by atoms with Crippen LogP contribution in [0.5, 0.6) is 0 Å². The molecular weight excluding hydrogens is 209 g/mol. The molecule has 0 fully saturated rings. The number of methoxy groups -OCH3 is 1. The number of hydrogen-bond donors (Lipinski definition) is 0. The molecule has 0 aliphatic carbocycles. The maximum atomic E-state index is 13.1. The highest BCUT2D eigenvalue weighted by atomic mass is 19.2. The molecule has 0 unspecified atom stereocenters. The van der Waals surface area contributed by atoms with Crippen molar-refractivity contribution in [3.05, 3.63) is 35.1 Å². The normalized spacial score (nSPS) is 10.4. The second kappa shape index (κ2) is 4.93. The highest BCUT2D eigenvalue weighted by Gasteiger charge is 2.18. The van der Waals surface area contributed by atoms with Crippen molar-refractivity contribution in [2.24, 2.45) is 0 Å². The molecule has 0 aliphatic heterocycles. The van der Waals surface area contributed by atoms with Gasteiger partial charge >= 0.3 is 0 Å². The molecule has 0 aromatic heterocycles. The molecule has 0 saturated carbocycles. The Morgan fingerprint density at radius 1 is 1.27 bits per heavy atom. The van der Waals surface area contributed by atoms with E-state index in [2.05, 4.69) is 4.74 Å². The number of rotatable bonds is 4. The lowest BCUT2D eigenvalue weighted by Gasteiger charge is -2.03. The summed E-state index contributed by atoms with van der Waals surface area (Å²) in [7, 11) is 1.38. The molecule has 5 heteroatoms. The first kappa shape index (κ1) is 11.7. The molecule has 1 rings (SSSR count). The molecule has 0 spiro atoms. The summed E-state index contributed by atoms with van der Waals surface area (Å²) in [5, 5.41) is 0. The first-order chi connectivity index (χ1) is 7.07. The van der Waals surface area contributed by atoms with Crippen LogP contribution in [0.25, 0.3) is 0 Å². The average molecular weight is 218 g/mol. The molecule has 0 saturated heterocycles. The third-order valence-corrected chi connectivity index (χ3v) is 1.87. The molecular formula is C10H9F3O2. The quantitative estimate of drug-likeness (QED) is 0.572. The summed E-state index contributed by atoms with van der Waals surface area (Å²) >= 11 is 0. The SMILES string of the molecule is COCCC(=O)c1ccc(F)c(F)c1F. The van der Waals surface area contributed by atoms with E-state index in [4.69, 9.17) is 0 Å². The second-order valence-electron chi connectivity index (χ2n) is 2.89. The predicted molar refractivity (Wildman–Crippen MR) is 47.1 cm³/mol. The second-order valence-corrected chi connectivity index (χ2v) is 2.89. The van der Waals surface area contributed by atoms with E-state index in [-0.39, 0.29) is 13.0 Å². The number of halogens is 3. The summed E-state index contributed by atoms with van der Waals surface area (Å²) in [6, 6.07) is 1.64. The minimum Gasteiger partial charge on any atom is -0.384 e. The molecule has 1 aromatic carbocycles. The summed E-state index contributed by atoms with van der Waals surface area (Å²) in [5.41, 5.74) is -0.453. The smallest absolute Gasteiger partial charge is 0.195 e. The lowest BCUT2D eigenvalue weighted by atomic mass is 10.1. The molecule has 0 atom stereocenters. The van der Waals surface area contributed by atoms with E-state index in [9.17, 15) is 18.0 Å². The van der Waals surface area contributed by atoms with Gasteiger partial charge in [-0.3, -0.25) is 4.79 Å². The topological polar surface area (TPSA) is 26.3 Å². The maximum absolute atomic E-state index is 13.1.